The summed E-state index contributed by atoms with van der Waals surface area (Å²) in [4.78, 5) is 38.1. The number of ketones is 1. The quantitative estimate of drug-likeness (QED) is 0.258. The van der Waals surface area contributed by atoms with Crippen molar-refractivity contribution in [2.24, 2.45) is 0 Å². The van der Waals surface area contributed by atoms with Gasteiger partial charge in [0.1, 0.15) is 0 Å². The molecule has 6 rings (SSSR count). The van der Waals surface area contributed by atoms with E-state index in [1.807, 2.05) is 53.2 Å². The van der Waals surface area contributed by atoms with Gasteiger partial charge in [0.15, 0.2) is 11.4 Å². The van der Waals surface area contributed by atoms with E-state index in [9.17, 15) is 22.8 Å². The number of fused-ring (bicyclic) bond motifs is 1. The number of imidazole rings is 1. The number of hydrogen-bond acceptors (Lipinski definition) is 8. The van der Waals surface area contributed by atoms with Gasteiger partial charge in [-0.15, -0.1) is 5.10 Å². The number of benzene rings is 1. The Morgan fingerprint density at radius 2 is 1.91 bits per heavy atom. The largest absolute Gasteiger partial charge is 0.389 e. The summed E-state index contributed by atoms with van der Waals surface area (Å²) >= 11 is 0. The molecule has 45 heavy (non-hydrogen) atoms. The fourth-order valence-corrected chi connectivity index (χ4v) is 5.73. The summed E-state index contributed by atoms with van der Waals surface area (Å²) in [5, 5.41) is 11.1. The van der Waals surface area contributed by atoms with Crippen LogP contribution in [0.2, 0.25) is 0 Å². The molecular weight excluding hydrogens is 587 g/mol. The number of halogens is 3. The van der Waals surface area contributed by atoms with Crippen LogP contribution in [0, 0.1) is 0 Å². The molecule has 1 amide bonds. The molecule has 2 aliphatic rings. The Morgan fingerprint density at radius 1 is 1.07 bits per heavy atom. The van der Waals surface area contributed by atoms with Gasteiger partial charge in [-0.3, -0.25) is 14.5 Å². The Kier molecular flexibility index (Phi) is 8.94. The van der Waals surface area contributed by atoms with E-state index in [0.717, 1.165) is 43.0 Å². The average molecular weight is 622 g/mol. The van der Waals surface area contributed by atoms with E-state index < -0.39 is 24.9 Å². The van der Waals surface area contributed by atoms with Crippen molar-refractivity contribution in [2.45, 2.75) is 38.0 Å². The highest BCUT2D eigenvalue weighted by atomic mass is 19.4. The Labute approximate surface area is 257 Å². The first kappa shape index (κ1) is 30.5. The highest BCUT2D eigenvalue weighted by Crippen LogP contribution is 2.28. The molecule has 236 valence electrons. The van der Waals surface area contributed by atoms with E-state index in [1.165, 1.54) is 4.90 Å². The number of piperazine rings is 1. The molecule has 0 saturated carbocycles. The molecule has 1 fully saturated rings. The van der Waals surface area contributed by atoms with Crippen LogP contribution in [-0.2, 0) is 11.3 Å². The predicted octanol–water partition coefficient (Wildman–Crippen LogP) is 3.78. The van der Waals surface area contributed by atoms with Crippen molar-refractivity contribution in [2.75, 3.05) is 44.6 Å². The van der Waals surface area contributed by atoms with Crippen LogP contribution in [0.5, 0.6) is 0 Å². The SMILES string of the molecule is O=C(c1ccc(Nc2nc3c(C4=CCN(C(=O)CCC(F)(F)F)CC4)cccn3n2)cc1)C1CNCCN1CCn1ccnc1. The van der Waals surface area contributed by atoms with Crippen molar-refractivity contribution in [3.63, 3.8) is 0 Å². The highest BCUT2D eigenvalue weighted by Gasteiger charge is 2.30. The van der Waals surface area contributed by atoms with Crippen molar-refractivity contribution >= 4 is 34.5 Å². The second kappa shape index (κ2) is 13.2. The van der Waals surface area contributed by atoms with Crippen LogP contribution in [0.4, 0.5) is 24.8 Å². The molecule has 1 saturated heterocycles. The lowest BCUT2D eigenvalue weighted by Gasteiger charge is -2.35. The van der Waals surface area contributed by atoms with Crippen molar-refractivity contribution in [3.8, 4) is 0 Å². The molecule has 1 atom stereocenters. The summed E-state index contributed by atoms with van der Waals surface area (Å²) < 4.78 is 41.2. The Balaban J connectivity index is 1.10. The maximum atomic E-state index is 13.5. The average Bonchev–Trinajstić information content (AvgIpc) is 3.72. The zero-order chi connectivity index (χ0) is 31.4. The number of Topliss-reactive ketones (excluding diaryl/α,β-unsaturated/α-hetero) is 1. The standard InChI is InChI=1S/C31H34F3N9O2/c32-31(33,34)10-7-27(44)42-14-8-22(9-15-42)25-2-1-13-43-29(25)38-30(39-43)37-24-5-3-23(4-6-24)28(45)26-20-35-12-17-41(26)19-18-40-16-11-36-21-40/h1-6,8,11,13,16,21,26,35H,7,9-10,12,14-15,17-20H2,(H,37,39). The number of pyridine rings is 1. The van der Waals surface area contributed by atoms with Gasteiger partial charge in [0.05, 0.1) is 18.8 Å². The van der Waals surface area contributed by atoms with Crippen molar-refractivity contribution in [1.29, 1.82) is 0 Å². The molecule has 5 heterocycles. The van der Waals surface area contributed by atoms with Crippen molar-refractivity contribution in [1.82, 2.24) is 39.3 Å². The van der Waals surface area contributed by atoms with Gasteiger partial charge in [-0.2, -0.15) is 18.2 Å². The molecule has 0 radical (unpaired) electrons. The number of hydrogen-bond donors (Lipinski definition) is 2. The minimum atomic E-state index is -4.35. The first-order valence-electron chi connectivity index (χ1n) is 14.9. The molecule has 0 bridgehead atoms. The third-order valence-electron chi connectivity index (χ3n) is 8.18. The van der Waals surface area contributed by atoms with Crippen molar-refractivity contribution < 1.29 is 22.8 Å². The molecule has 2 aliphatic heterocycles. The fourth-order valence-electron chi connectivity index (χ4n) is 5.73. The fraction of sp³-hybridized carbons (Fsp3) is 0.387. The number of aromatic nitrogens is 5. The van der Waals surface area contributed by atoms with Crippen LogP contribution in [-0.4, -0.2) is 97.1 Å². The lowest BCUT2D eigenvalue weighted by Crippen LogP contribution is -2.55. The van der Waals surface area contributed by atoms with Gasteiger partial charge >= 0.3 is 6.18 Å². The number of nitrogens with one attached hydrogen (secondary N) is 2. The van der Waals surface area contributed by atoms with E-state index >= 15 is 0 Å². The van der Waals surface area contributed by atoms with Gasteiger partial charge in [-0.05, 0) is 48.4 Å². The lowest BCUT2D eigenvalue weighted by atomic mass is 10.00. The minimum Gasteiger partial charge on any atom is -0.339 e. The van der Waals surface area contributed by atoms with Crippen LogP contribution in [0.25, 0.3) is 11.2 Å². The van der Waals surface area contributed by atoms with Crippen molar-refractivity contribution in [3.05, 3.63) is 78.5 Å². The Hall–Kier alpha value is -4.56. The Morgan fingerprint density at radius 3 is 2.64 bits per heavy atom. The number of alkyl halides is 3. The van der Waals surface area contributed by atoms with E-state index in [2.05, 4.69) is 30.6 Å². The predicted molar refractivity (Wildman–Crippen MR) is 162 cm³/mol. The summed E-state index contributed by atoms with van der Waals surface area (Å²) in [5.74, 6) is -0.0545. The molecular formula is C31H34F3N9O2. The number of amides is 1. The van der Waals surface area contributed by atoms with Gasteiger partial charge < -0.3 is 20.1 Å². The molecule has 11 nitrogen and oxygen atoms in total. The number of anilines is 2. The lowest BCUT2D eigenvalue weighted by molar-refractivity contribution is -0.148. The maximum absolute atomic E-state index is 13.5. The summed E-state index contributed by atoms with van der Waals surface area (Å²) in [7, 11) is 0. The molecule has 1 unspecified atom stereocenters. The first-order chi connectivity index (χ1) is 21.7. The molecule has 0 spiro atoms. The van der Waals surface area contributed by atoms with Crippen LogP contribution in [0.1, 0.15) is 35.2 Å². The van der Waals surface area contributed by atoms with E-state index in [0.29, 0.717) is 36.7 Å². The third kappa shape index (κ3) is 7.40. The van der Waals surface area contributed by atoms with Gasteiger partial charge in [0.2, 0.25) is 11.9 Å². The number of carbonyl (C=O) groups excluding carboxylic acids is 2. The molecule has 1 aromatic carbocycles. The molecule has 0 aliphatic carbocycles. The number of rotatable bonds is 10. The molecule has 4 aromatic rings. The smallest absolute Gasteiger partial charge is 0.339 e. The first-order valence-corrected chi connectivity index (χ1v) is 14.9. The van der Waals surface area contributed by atoms with Crippen LogP contribution < -0.4 is 10.6 Å². The zero-order valence-electron chi connectivity index (χ0n) is 24.6. The highest BCUT2D eigenvalue weighted by molar-refractivity contribution is 6.00. The third-order valence-corrected chi connectivity index (χ3v) is 8.18. The molecule has 14 heteroatoms. The van der Waals surface area contributed by atoms with Crippen LogP contribution in [0.15, 0.2) is 67.4 Å². The Bertz CT molecular complexity index is 1670. The molecule has 3 aromatic heterocycles. The van der Waals surface area contributed by atoms with E-state index in [1.54, 1.807) is 23.2 Å². The second-order valence-corrected chi connectivity index (χ2v) is 11.2. The van der Waals surface area contributed by atoms with Gasteiger partial charge in [0.25, 0.3) is 0 Å². The normalized spacial score (nSPS) is 17.8. The zero-order valence-corrected chi connectivity index (χ0v) is 24.6. The van der Waals surface area contributed by atoms with Gasteiger partial charge in [0, 0.05) is 87.6 Å². The monoisotopic (exact) mass is 621 g/mol. The maximum Gasteiger partial charge on any atom is 0.389 e. The van der Waals surface area contributed by atoms with E-state index in [4.69, 9.17) is 0 Å². The van der Waals surface area contributed by atoms with E-state index in [-0.39, 0.29) is 18.4 Å². The summed E-state index contributed by atoms with van der Waals surface area (Å²) in [6, 6.07) is 10.8. The van der Waals surface area contributed by atoms with Crippen LogP contribution in [0.3, 0.4) is 0 Å². The summed E-state index contributed by atoms with van der Waals surface area (Å²) in [6.45, 7) is 4.33. The van der Waals surface area contributed by atoms with Gasteiger partial charge in [-0.25, -0.2) is 9.50 Å². The molecule has 2 N–H and O–H groups in total. The number of nitrogens with zero attached hydrogens (tertiary/aromatic N) is 7. The topological polar surface area (TPSA) is 113 Å². The van der Waals surface area contributed by atoms with Crippen LogP contribution >= 0.6 is 0 Å². The second-order valence-electron chi connectivity index (χ2n) is 11.2. The summed E-state index contributed by atoms with van der Waals surface area (Å²) in [6.07, 6.45) is 3.59. The number of carbonyl (C=O) groups is 2. The summed E-state index contributed by atoms with van der Waals surface area (Å²) in [5.41, 5.74) is 3.78. The minimum absolute atomic E-state index is 0.0660. The van der Waals surface area contributed by atoms with Gasteiger partial charge in [-0.1, -0.05) is 6.08 Å².